The van der Waals surface area contributed by atoms with Crippen LogP contribution in [0.4, 0.5) is 0 Å². The summed E-state index contributed by atoms with van der Waals surface area (Å²) in [6, 6.07) is 9.22. The van der Waals surface area contributed by atoms with Gasteiger partial charge in [-0.25, -0.2) is 9.50 Å². The molecule has 0 bridgehead atoms. The first kappa shape index (κ1) is 12.8. The summed E-state index contributed by atoms with van der Waals surface area (Å²) >= 11 is 1.57. The topological polar surface area (TPSA) is 59.3 Å². The Labute approximate surface area is 120 Å². The standard InChI is InChI=1S/C14H14N4OS/c1-10-16-14-18(17-10)12(9-20-14)7-8-15-13(19)11-5-3-2-4-6-11/h2-6,9H,7-8H2,1H3,(H,15,19). The van der Waals surface area contributed by atoms with Crippen LogP contribution in [0.15, 0.2) is 35.7 Å². The van der Waals surface area contributed by atoms with Gasteiger partial charge in [-0.1, -0.05) is 18.2 Å². The van der Waals surface area contributed by atoms with Crippen molar-refractivity contribution in [3.8, 4) is 0 Å². The molecule has 1 aromatic carbocycles. The number of nitrogens with zero attached hydrogens (tertiary/aromatic N) is 3. The maximum atomic E-state index is 11.9. The lowest BCUT2D eigenvalue weighted by Gasteiger charge is -2.04. The molecule has 0 saturated carbocycles. The van der Waals surface area contributed by atoms with Gasteiger partial charge in [0.15, 0.2) is 0 Å². The second-order valence-corrected chi connectivity index (χ2v) is 5.29. The van der Waals surface area contributed by atoms with Gasteiger partial charge in [0.05, 0.1) is 5.69 Å². The average molecular weight is 286 g/mol. The number of fused-ring (bicyclic) bond motifs is 1. The molecular weight excluding hydrogens is 272 g/mol. The number of carbonyl (C=O) groups is 1. The first-order chi connectivity index (χ1) is 9.74. The van der Waals surface area contributed by atoms with Gasteiger partial charge < -0.3 is 5.32 Å². The zero-order valence-corrected chi connectivity index (χ0v) is 11.9. The van der Waals surface area contributed by atoms with E-state index < -0.39 is 0 Å². The van der Waals surface area contributed by atoms with Crippen molar-refractivity contribution < 1.29 is 4.79 Å². The smallest absolute Gasteiger partial charge is 0.251 e. The minimum Gasteiger partial charge on any atom is -0.352 e. The second kappa shape index (κ2) is 5.42. The molecular formula is C14H14N4OS. The largest absolute Gasteiger partial charge is 0.352 e. The van der Waals surface area contributed by atoms with Gasteiger partial charge >= 0.3 is 0 Å². The van der Waals surface area contributed by atoms with Crippen molar-refractivity contribution in [3.05, 3.63) is 52.8 Å². The number of aryl methyl sites for hydroxylation is 1. The Hall–Kier alpha value is -2.21. The highest BCUT2D eigenvalue weighted by Gasteiger charge is 2.08. The van der Waals surface area contributed by atoms with E-state index in [9.17, 15) is 4.79 Å². The van der Waals surface area contributed by atoms with Crippen LogP contribution in [-0.2, 0) is 6.42 Å². The van der Waals surface area contributed by atoms with Gasteiger partial charge in [-0.05, 0) is 19.1 Å². The lowest BCUT2D eigenvalue weighted by Crippen LogP contribution is -2.25. The number of hydrogen-bond acceptors (Lipinski definition) is 4. The molecule has 0 atom stereocenters. The number of rotatable bonds is 4. The van der Waals surface area contributed by atoms with Crippen LogP contribution in [0.2, 0.25) is 0 Å². The quantitative estimate of drug-likeness (QED) is 0.798. The van der Waals surface area contributed by atoms with Crippen molar-refractivity contribution in [2.24, 2.45) is 0 Å². The molecule has 0 spiro atoms. The molecule has 0 unspecified atom stereocenters. The van der Waals surface area contributed by atoms with Gasteiger partial charge in [-0.3, -0.25) is 4.79 Å². The van der Waals surface area contributed by atoms with Crippen LogP contribution in [0.5, 0.6) is 0 Å². The lowest BCUT2D eigenvalue weighted by molar-refractivity contribution is 0.0954. The van der Waals surface area contributed by atoms with E-state index >= 15 is 0 Å². The zero-order chi connectivity index (χ0) is 13.9. The summed E-state index contributed by atoms with van der Waals surface area (Å²) in [5, 5.41) is 9.28. The van der Waals surface area contributed by atoms with E-state index in [1.54, 1.807) is 23.5 Å². The van der Waals surface area contributed by atoms with Gasteiger partial charge in [0.1, 0.15) is 5.82 Å². The average Bonchev–Trinajstić information content (AvgIpc) is 3.00. The molecule has 0 aliphatic carbocycles. The minimum absolute atomic E-state index is 0.0492. The Bertz CT molecular complexity index is 732. The molecule has 0 aliphatic rings. The lowest BCUT2D eigenvalue weighted by atomic mass is 10.2. The predicted molar refractivity (Wildman–Crippen MR) is 78.1 cm³/mol. The summed E-state index contributed by atoms with van der Waals surface area (Å²) in [7, 11) is 0. The highest BCUT2D eigenvalue weighted by molar-refractivity contribution is 7.15. The van der Waals surface area contributed by atoms with Crippen LogP contribution in [-0.4, -0.2) is 27.0 Å². The second-order valence-electron chi connectivity index (χ2n) is 4.45. The molecule has 20 heavy (non-hydrogen) atoms. The zero-order valence-electron chi connectivity index (χ0n) is 11.0. The fraction of sp³-hybridized carbons (Fsp3) is 0.214. The van der Waals surface area contributed by atoms with E-state index in [1.165, 1.54) is 0 Å². The monoisotopic (exact) mass is 286 g/mol. The molecule has 0 fully saturated rings. The maximum Gasteiger partial charge on any atom is 0.251 e. The van der Waals surface area contributed by atoms with E-state index in [0.29, 0.717) is 12.1 Å². The number of amides is 1. The van der Waals surface area contributed by atoms with Gasteiger partial charge in [-0.2, -0.15) is 5.10 Å². The van der Waals surface area contributed by atoms with E-state index in [-0.39, 0.29) is 5.91 Å². The predicted octanol–water partition coefficient (Wildman–Crippen LogP) is 2.07. The van der Waals surface area contributed by atoms with Crippen molar-refractivity contribution in [1.29, 1.82) is 0 Å². The number of carbonyl (C=O) groups excluding carboxylic acids is 1. The Kier molecular flexibility index (Phi) is 3.47. The number of nitrogens with one attached hydrogen (secondary N) is 1. The van der Waals surface area contributed by atoms with Crippen LogP contribution in [0, 0.1) is 6.92 Å². The van der Waals surface area contributed by atoms with Crippen molar-refractivity contribution in [1.82, 2.24) is 19.9 Å². The summed E-state index contributed by atoms with van der Waals surface area (Å²) in [6.45, 7) is 2.46. The molecule has 3 aromatic rings. The number of thiazole rings is 1. The molecule has 0 radical (unpaired) electrons. The first-order valence-corrected chi connectivity index (χ1v) is 7.25. The van der Waals surface area contributed by atoms with Gasteiger partial charge in [0, 0.05) is 23.9 Å². The number of benzene rings is 1. The van der Waals surface area contributed by atoms with Crippen molar-refractivity contribution in [2.75, 3.05) is 6.54 Å². The molecule has 1 N–H and O–H groups in total. The summed E-state index contributed by atoms with van der Waals surface area (Å²) < 4.78 is 1.84. The Morgan fingerprint density at radius 1 is 1.35 bits per heavy atom. The van der Waals surface area contributed by atoms with Crippen molar-refractivity contribution >= 4 is 22.2 Å². The first-order valence-electron chi connectivity index (χ1n) is 6.37. The molecule has 2 aromatic heterocycles. The van der Waals surface area contributed by atoms with Crippen LogP contribution in [0.1, 0.15) is 21.9 Å². The van der Waals surface area contributed by atoms with Crippen molar-refractivity contribution in [2.45, 2.75) is 13.3 Å². The van der Waals surface area contributed by atoms with Gasteiger partial charge in [-0.15, -0.1) is 11.3 Å². The summed E-state index contributed by atoms with van der Waals surface area (Å²) in [5.74, 6) is 0.721. The molecule has 6 heteroatoms. The normalized spacial score (nSPS) is 10.8. The summed E-state index contributed by atoms with van der Waals surface area (Å²) in [6.07, 6.45) is 0.737. The van der Waals surface area contributed by atoms with Crippen LogP contribution in [0.25, 0.3) is 4.96 Å². The molecule has 0 aliphatic heterocycles. The third kappa shape index (κ3) is 2.55. The van der Waals surface area contributed by atoms with Crippen LogP contribution >= 0.6 is 11.3 Å². The fourth-order valence-electron chi connectivity index (χ4n) is 1.99. The number of aromatic nitrogens is 3. The third-order valence-electron chi connectivity index (χ3n) is 2.96. The molecule has 5 nitrogen and oxygen atoms in total. The Balaban J connectivity index is 1.61. The summed E-state index contributed by atoms with van der Waals surface area (Å²) in [5.41, 5.74) is 1.75. The van der Waals surface area contributed by atoms with Gasteiger partial charge in [0.25, 0.3) is 5.91 Å². The van der Waals surface area contributed by atoms with E-state index in [2.05, 4.69) is 15.4 Å². The highest BCUT2D eigenvalue weighted by Crippen LogP contribution is 2.14. The molecule has 1 amide bonds. The van der Waals surface area contributed by atoms with E-state index in [4.69, 9.17) is 0 Å². The van der Waals surface area contributed by atoms with E-state index in [1.807, 2.05) is 35.0 Å². The van der Waals surface area contributed by atoms with Crippen LogP contribution < -0.4 is 5.32 Å². The fourth-order valence-corrected chi connectivity index (χ4v) is 2.89. The molecule has 3 rings (SSSR count). The summed E-state index contributed by atoms with van der Waals surface area (Å²) in [4.78, 5) is 17.1. The Morgan fingerprint density at radius 2 is 2.15 bits per heavy atom. The van der Waals surface area contributed by atoms with E-state index in [0.717, 1.165) is 22.9 Å². The molecule has 2 heterocycles. The van der Waals surface area contributed by atoms with Gasteiger partial charge in [0.2, 0.25) is 4.96 Å². The Morgan fingerprint density at radius 3 is 2.95 bits per heavy atom. The number of hydrogen-bond donors (Lipinski definition) is 1. The third-order valence-corrected chi connectivity index (χ3v) is 3.82. The SMILES string of the molecule is Cc1nc2scc(CCNC(=O)c3ccccc3)n2n1. The highest BCUT2D eigenvalue weighted by atomic mass is 32.1. The maximum absolute atomic E-state index is 11.9. The minimum atomic E-state index is -0.0492. The molecule has 0 saturated heterocycles. The molecule has 102 valence electrons. The van der Waals surface area contributed by atoms with Crippen LogP contribution in [0.3, 0.4) is 0 Å². The van der Waals surface area contributed by atoms with Crippen molar-refractivity contribution in [3.63, 3.8) is 0 Å².